The van der Waals surface area contributed by atoms with Crippen molar-refractivity contribution in [2.24, 2.45) is 0 Å². The van der Waals surface area contributed by atoms with Crippen molar-refractivity contribution >= 4 is 78.7 Å². The van der Waals surface area contributed by atoms with Gasteiger partial charge in [-0.2, -0.15) is 5.26 Å². The van der Waals surface area contributed by atoms with E-state index in [0.717, 1.165) is 0 Å². The summed E-state index contributed by atoms with van der Waals surface area (Å²) < 4.78 is 11.3. The smallest absolute Gasteiger partial charge is 0.337 e. The number of halogens is 3. The zero-order chi connectivity index (χ0) is 26.9. The molecule has 3 aromatic carbocycles. The first-order chi connectivity index (χ1) is 17.7. The highest BCUT2D eigenvalue weighted by molar-refractivity contribution is 9.11. The first-order valence-electron chi connectivity index (χ1n) is 10.5. The number of nitriles is 1. The zero-order valence-corrected chi connectivity index (χ0v) is 23.1. The quantitative estimate of drug-likeness (QED) is 0.171. The Morgan fingerprint density at radius 3 is 2.27 bits per heavy atom. The van der Waals surface area contributed by atoms with Gasteiger partial charge >= 0.3 is 5.97 Å². The van der Waals surface area contributed by atoms with Crippen LogP contribution in [0.3, 0.4) is 0 Å². The van der Waals surface area contributed by atoms with Gasteiger partial charge in [0, 0.05) is 5.69 Å². The van der Waals surface area contributed by atoms with Crippen LogP contribution in [0.5, 0.6) is 5.75 Å². The number of anilines is 2. The lowest BCUT2D eigenvalue weighted by Crippen LogP contribution is -2.20. The van der Waals surface area contributed by atoms with Crippen LogP contribution in [-0.2, 0) is 14.3 Å². The highest BCUT2D eigenvalue weighted by atomic mass is 79.9. The summed E-state index contributed by atoms with van der Waals surface area (Å²) in [6, 6.07) is 18.1. The fourth-order valence-corrected chi connectivity index (χ4v) is 4.64. The Hall–Kier alpha value is -3.65. The molecule has 0 aromatic heterocycles. The Morgan fingerprint density at radius 2 is 1.68 bits per heavy atom. The van der Waals surface area contributed by atoms with Gasteiger partial charge in [-0.25, -0.2) is 4.79 Å². The first kappa shape index (κ1) is 27.9. The van der Waals surface area contributed by atoms with Crippen LogP contribution in [0.15, 0.2) is 75.2 Å². The summed E-state index contributed by atoms with van der Waals surface area (Å²) in [7, 11) is 1.27. The predicted molar refractivity (Wildman–Crippen MR) is 147 cm³/mol. The van der Waals surface area contributed by atoms with E-state index < -0.39 is 17.8 Å². The third-order valence-corrected chi connectivity index (χ3v) is 6.26. The predicted octanol–water partition coefficient (Wildman–Crippen LogP) is 6.21. The van der Waals surface area contributed by atoms with Crippen LogP contribution in [0.2, 0.25) is 5.02 Å². The molecule has 188 valence electrons. The molecule has 0 bridgehead atoms. The second kappa shape index (κ2) is 13.1. The van der Waals surface area contributed by atoms with Gasteiger partial charge in [0.2, 0.25) is 0 Å². The van der Waals surface area contributed by atoms with Crippen LogP contribution in [-0.4, -0.2) is 31.5 Å². The molecule has 0 saturated carbocycles. The number of rotatable bonds is 8. The van der Waals surface area contributed by atoms with Gasteiger partial charge in [-0.3, -0.25) is 9.59 Å². The third kappa shape index (κ3) is 7.67. The number of para-hydroxylation sites is 1. The van der Waals surface area contributed by atoms with Crippen molar-refractivity contribution in [1.82, 2.24) is 0 Å². The van der Waals surface area contributed by atoms with E-state index in [1.54, 1.807) is 36.4 Å². The lowest BCUT2D eigenvalue weighted by molar-refractivity contribution is -0.118. The number of carbonyl (C=O) groups excluding carboxylic acids is 3. The minimum atomic E-state index is -0.628. The van der Waals surface area contributed by atoms with E-state index in [0.29, 0.717) is 42.2 Å². The molecule has 0 aliphatic heterocycles. The fourth-order valence-electron chi connectivity index (χ4n) is 3.01. The number of esters is 1. The Morgan fingerprint density at radius 1 is 1.03 bits per heavy atom. The first-order valence-corrected chi connectivity index (χ1v) is 12.5. The number of hydrogen-bond donors (Lipinski definition) is 2. The highest BCUT2D eigenvalue weighted by Crippen LogP contribution is 2.35. The van der Waals surface area contributed by atoms with E-state index in [4.69, 9.17) is 16.3 Å². The second-order valence-electron chi connectivity index (χ2n) is 7.32. The molecular formula is C26H18Br2ClN3O5. The maximum absolute atomic E-state index is 12.6. The topological polar surface area (TPSA) is 118 Å². The van der Waals surface area contributed by atoms with Crippen LogP contribution >= 0.6 is 43.5 Å². The molecule has 0 aliphatic carbocycles. The van der Waals surface area contributed by atoms with Crippen LogP contribution < -0.4 is 15.4 Å². The van der Waals surface area contributed by atoms with Crippen molar-refractivity contribution in [3.63, 3.8) is 0 Å². The van der Waals surface area contributed by atoms with Crippen molar-refractivity contribution in [3.05, 3.63) is 91.3 Å². The molecular weight excluding hydrogens is 630 g/mol. The maximum atomic E-state index is 12.6. The van der Waals surface area contributed by atoms with Gasteiger partial charge in [0.25, 0.3) is 11.8 Å². The number of nitrogens with zero attached hydrogens (tertiary/aromatic N) is 1. The summed E-state index contributed by atoms with van der Waals surface area (Å²) in [5.74, 6) is -1.17. The number of hydrogen-bond acceptors (Lipinski definition) is 6. The maximum Gasteiger partial charge on any atom is 0.337 e. The van der Waals surface area contributed by atoms with Gasteiger partial charge in [-0.05, 0) is 92.0 Å². The Balaban J connectivity index is 1.68. The van der Waals surface area contributed by atoms with Crippen LogP contribution in [0.4, 0.5) is 11.4 Å². The minimum Gasteiger partial charge on any atom is -0.481 e. The number of carbonyl (C=O) groups is 3. The molecule has 3 rings (SSSR count). The average Bonchev–Trinajstić information content (AvgIpc) is 2.88. The highest BCUT2D eigenvalue weighted by Gasteiger charge is 2.15. The molecule has 0 saturated heterocycles. The number of ether oxygens (including phenoxy) is 2. The molecule has 0 aliphatic rings. The molecule has 2 N–H and O–H groups in total. The molecule has 37 heavy (non-hydrogen) atoms. The van der Waals surface area contributed by atoms with Crippen molar-refractivity contribution in [2.75, 3.05) is 24.4 Å². The van der Waals surface area contributed by atoms with Gasteiger partial charge < -0.3 is 20.1 Å². The third-order valence-electron chi connectivity index (χ3n) is 4.76. The molecule has 3 aromatic rings. The van der Waals surface area contributed by atoms with Crippen molar-refractivity contribution in [1.29, 1.82) is 5.26 Å². The normalized spacial score (nSPS) is 10.7. The van der Waals surface area contributed by atoms with Crippen LogP contribution in [0.25, 0.3) is 6.08 Å². The van der Waals surface area contributed by atoms with Gasteiger partial charge in [0.15, 0.2) is 6.61 Å². The number of nitrogens with one attached hydrogen (secondary N) is 2. The molecule has 0 unspecified atom stereocenters. The number of benzene rings is 3. The summed E-state index contributed by atoms with van der Waals surface area (Å²) in [5, 5.41) is 15.2. The van der Waals surface area contributed by atoms with E-state index >= 15 is 0 Å². The lowest BCUT2D eigenvalue weighted by atomic mass is 10.1. The van der Waals surface area contributed by atoms with Crippen LogP contribution in [0, 0.1) is 11.3 Å². The average molecular weight is 648 g/mol. The minimum absolute atomic E-state index is 0.149. The molecule has 2 amide bonds. The number of amides is 2. The summed E-state index contributed by atoms with van der Waals surface area (Å²) >= 11 is 12.8. The molecule has 0 spiro atoms. The zero-order valence-electron chi connectivity index (χ0n) is 19.2. The molecule has 11 heteroatoms. The van der Waals surface area contributed by atoms with Crippen molar-refractivity contribution in [3.8, 4) is 11.8 Å². The Labute approximate surface area is 234 Å². The SMILES string of the molecule is COC(=O)c1ccc(NC(=O)/C(C#N)=C\c2cc(Br)c(OCC(=O)Nc3ccccc3Cl)c(Br)c2)cc1. The van der Waals surface area contributed by atoms with Crippen molar-refractivity contribution in [2.45, 2.75) is 0 Å². The van der Waals surface area contributed by atoms with Crippen LogP contribution in [0.1, 0.15) is 15.9 Å². The van der Waals surface area contributed by atoms with Gasteiger partial charge in [-0.1, -0.05) is 23.7 Å². The summed E-state index contributed by atoms with van der Waals surface area (Å²) in [5.41, 5.74) is 1.58. The van der Waals surface area contributed by atoms with E-state index in [-0.39, 0.29) is 12.2 Å². The van der Waals surface area contributed by atoms with E-state index in [1.807, 2.05) is 6.07 Å². The Kier molecular flexibility index (Phi) is 9.85. The van der Waals surface area contributed by atoms with Crippen molar-refractivity contribution < 1.29 is 23.9 Å². The summed E-state index contributed by atoms with van der Waals surface area (Å²) in [6.07, 6.45) is 1.40. The monoisotopic (exact) mass is 645 g/mol. The van der Waals surface area contributed by atoms with E-state index in [9.17, 15) is 19.6 Å². The lowest BCUT2D eigenvalue weighted by Gasteiger charge is -2.12. The summed E-state index contributed by atoms with van der Waals surface area (Å²) in [4.78, 5) is 36.4. The van der Waals surface area contributed by atoms with E-state index in [1.165, 1.54) is 37.5 Å². The van der Waals surface area contributed by atoms with E-state index in [2.05, 4.69) is 47.2 Å². The Bertz CT molecular complexity index is 1400. The van der Waals surface area contributed by atoms with Gasteiger partial charge in [0.05, 0.1) is 32.3 Å². The number of methoxy groups -OCH3 is 1. The van der Waals surface area contributed by atoms with Gasteiger partial charge in [0.1, 0.15) is 17.4 Å². The molecule has 0 atom stereocenters. The summed E-state index contributed by atoms with van der Waals surface area (Å²) in [6.45, 7) is -0.280. The molecule has 8 nitrogen and oxygen atoms in total. The fraction of sp³-hybridized carbons (Fsp3) is 0.0769. The van der Waals surface area contributed by atoms with Gasteiger partial charge in [-0.15, -0.1) is 0 Å². The standard InChI is InChI=1S/C26H18Br2ClN3O5/c1-36-26(35)16-6-8-18(9-7-16)31-25(34)17(13-30)10-15-11-19(27)24(20(28)12-15)37-14-23(33)32-22-5-3-2-4-21(22)29/h2-12H,14H2,1H3,(H,31,34)(H,32,33)/b17-10-. The second-order valence-corrected chi connectivity index (χ2v) is 9.44. The molecule has 0 radical (unpaired) electrons. The molecule has 0 fully saturated rings. The molecule has 0 heterocycles. The largest absolute Gasteiger partial charge is 0.481 e.